The zero-order valence-electron chi connectivity index (χ0n) is 18.6. The van der Waals surface area contributed by atoms with E-state index in [-0.39, 0.29) is 0 Å². The van der Waals surface area contributed by atoms with E-state index < -0.39 is 0 Å². The van der Waals surface area contributed by atoms with Gasteiger partial charge in [0.2, 0.25) is 0 Å². The molecule has 0 aliphatic carbocycles. The highest BCUT2D eigenvalue weighted by atomic mass is 16.3. The first-order valence-electron chi connectivity index (χ1n) is 10.9. The molecule has 0 amide bonds. The first-order chi connectivity index (χ1) is 13.9. The molecule has 1 aliphatic rings. The number of nitrogens with one attached hydrogen (secondary N) is 1. The number of phenols is 1. The van der Waals surface area contributed by atoms with Crippen molar-refractivity contribution >= 4 is 11.5 Å². The molecule has 0 spiro atoms. The number of anilines is 2. The van der Waals surface area contributed by atoms with Gasteiger partial charge < -0.3 is 15.3 Å². The van der Waals surface area contributed by atoms with Crippen molar-refractivity contribution in [2.75, 3.05) is 42.9 Å². The van der Waals surface area contributed by atoms with Gasteiger partial charge in [0, 0.05) is 45.5 Å². The molecule has 0 bridgehead atoms. The van der Waals surface area contributed by atoms with Crippen molar-refractivity contribution < 1.29 is 5.11 Å². The minimum atomic E-state index is 0.318. The molecule has 1 aliphatic heterocycles. The van der Waals surface area contributed by atoms with Crippen molar-refractivity contribution in [2.24, 2.45) is 0 Å². The van der Waals surface area contributed by atoms with Gasteiger partial charge in [0.05, 0.1) is 5.69 Å². The summed E-state index contributed by atoms with van der Waals surface area (Å²) in [6.45, 7) is 16.5. The number of piperazine rings is 1. The smallest absolute Gasteiger partial charge is 0.152 e. The summed E-state index contributed by atoms with van der Waals surface area (Å²) >= 11 is 0. The molecule has 0 atom stereocenters. The average Bonchev–Trinajstić information content (AvgIpc) is 2.70. The van der Waals surface area contributed by atoms with Crippen molar-refractivity contribution in [3.63, 3.8) is 0 Å². The Bertz CT molecular complexity index is 781. The number of rotatable bonds is 7. The Balaban J connectivity index is 1.70. The highest BCUT2D eigenvalue weighted by Crippen LogP contribution is 2.35. The molecule has 2 aromatic rings. The summed E-state index contributed by atoms with van der Waals surface area (Å²) in [7, 11) is 0. The van der Waals surface area contributed by atoms with Crippen LogP contribution in [-0.2, 0) is 6.54 Å². The van der Waals surface area contributed by atoms with E-state index in [2.05, 4.69) is 72.9 Å². The predicted octanol–water partition coefficient (Wildman–Crippen LogP) is 4.79. The van der Waals surface area contributed by atoms with E-state index in [1.54, 1.807) is 0 Å². The van der Waals surface area contributed by atoms with E-state index in [1.165, 1.54) is 5.56 Å². The third kappa shape index (κ3) is 5.02. The zero-order valence-corrected chi connectivity index (χ0v) is 18.6. The van der Waals surface area contributed by atoms with Crippen LogP contribution in [0.4, 0.5) is 11.5 Å². The Labute approximate surface area is 175 Å². The number of pyridine rings is 1. The number of hydrogen-bond donors (Lipinski definition) is 2. The monoisotopic (exact) mass is 396 g/mol. The number of benzene rings is 1. The van der Waals surface area contributed by atoms with E-state index in [0.29, 0.717) is 17.6 Å². The summed E-state index contributed by atoms with van der Waals surface area (Å²) < 4.78 is 0. The van der Waals surface area contributed by atoms with Crippen molar-refractivity contribution in [1.82, 2.24) is 9.88 Å². The predicted molar refractivity (Wildman–Crippen MR) is 122 cm³/mol. The average molecular weight is 397 g/mol. The minimum Gasteiger partial charge on any atom is -0.507 e. The van der Waals surface area contributed by atoms with Gasteiger partial charge in [-0.25, -0.2) is 4.98 Å². The fourth-order valence-corrected chi connectivity index (χ4v) is 4.07. The van der Waals surface area contributed by atoms with Crippen LogP contribution in [0, 0.1) is 0 Å². The lowest BCUT2D eigenvalue weighted by molar-refractivity contribution is 0.249. The SMILES string of the molecule is CCNc1cccnc1N1CCN(Cc2cc(C(C)C)c(O)c(C(C)C)c2)CC1. The van der Waals surface area contributed by atoms with Crippen LogP contribution >= 0.6 is 0 Å². The topological polar surface area (TPSA) is 51.6 Å². The van der Waals surface area contributed by atoms with Crippen LogP contribution in [0.25, 0.3) is 0 Å². The lowest BCUT2D eigenvalue weighted by Crippen LogP contribution is -2.46. The number of nitrogens with zero attached hydrogens (tertiary/aromatic N) is 3. The van der Waals surface area contributed by atoms with Crippen molar-refractivity contribution in [3.05, 3.63) is 47.2 Å². The third-order valence-electron chi connectivity index (χ3n) is 5.70. The van der Waals surface area contributed by atoms with Crippen LogP contribution in [0.3, 0.4) is 0 Å². The Hall–Kier alpha value is -2.27. The Morgan fingerprint density at radius 3 is 2.21 bits per heavy atom. The first-order valence-corrected chi connectivity index (χ1v) is 10.9. The largest absolute Gasteiger partial charge is 0.507 e. The highest BCUT2D eigenvalue weighted by Gasteiger charge is 2.21. The van der Waals surface area contributed by atoms with Crippen molar-refractivity contribution in [2.45, 2.75) is 53.0 Å². The van der Waals surface area contributed by atoms with Crippen LogP contribution < -0.4 is 10.2 Å². The molecule has 158 valence electrons. The molecule has 1 aromatic heterocycles. The number of aromatic hydroxyl groups is 1. The van der Waals surface area contributed by atoms with Gasteiger partial charge in [-0.15, -0.1) is 0 Å². The lowest BCUT2D eigenvalue weighted by atomic mass is 9.91. The molecule has 29 heavy (non-hydrogen) atoms. The standard InChI is InChI=1S/C24H36N4O/c1-6-25-22-8-7-9-26-24(22)28-12-10-27(11-13-28)16-19-14-20(17(2)3)23(29)21(15-19)18(4)5/h7-9,14-15,17-18,25,29H,6,10-13,16H2,1-5H3. The Morgan fingerprint density at radius 2 is 1.66 bits per heavy atom. The number of phenolic OH excluding ortho intramolecular Hbond substituents is 1. The molecular weight excluding hydrogens is 360 g/mol. The van der Waals surface area contributed by atoms with Crippen LogP contribution in [0.2, 0.25) is 0 Å². The fraction of sp³-hybridized carbons (Fsp3) is 0.542. The van der Waals surface area contributed by atoms with E-state index >= 15 is 0 Å². The maximum atomic E-state index is 10.7. The Morgan fingerprint density at radius 1 is 1.03 bits per heavy atom. The van der Waals surface area contributed by atoms with Gasteiger partial charge in [-0.3, -0.25) is 4.90 Å². The summed E-state index contributed by atoms with van der Waals surface area (Å²) in [5, 5.41) is 14.1. The molecule has 5 nitrogen and oxygen atoms in total. The quantitative estimate of drug-likeness (QED) is 0.705. The van der Waals surface area contributed by atoms with Gasteiger partial charge >= 0.3 is 0 Å². The van der Waals surface area contributed by atoms with Crippen molar-refractivity contribution in [1.29, 1.82) is 0 Å². The van der Waals surface area contributed by atoms with Crippen molar-refractivity contribution in [3.8, 4) is 5.75 Å². The van der Waals surface area contributed by atoms with Gasteiger partial charge in [-0.05, 0) is 47.6 Å². The van der Waals surface area contributed by atoms with E-state index in [9.17, 15) is 5.11 Å². The molecule has 0 unspecified atom stereocenters. The van der Waals surface area contributed by atoms with Gasteiger partial charge in [0.1, 0.15) is 5.75 Å². The van der Waals surface area contributed by atoms with Gasteiger partial charge in [0.25, 0.3) is 0 Å². The van der Waals surface area contributed by atoms with Gasteiger partial charge in [0.15, 0.2) is 5.82 Å². The van der Waals surface area contributed by atoms with Crippen LogP contribution in [0.15, 0.2) is 30.5 Å². The number of aromatic nitrogens is 1. The zero-order chi connectivity index (χ0) is 21.0. The Kier molecular flexibility index (Phi) is 7.01. The maximum absolute atomic E-state index is 10.7. The molecular formula is C24H36N4O. The van der Waals surface area contributed by atoms with Crippen LogP contribution in [-0.4, -0.2) is 47.7 Å². The molecule has 1 saturated heterocycles. The molecule has 2 heterocycles. The third-order valence-corrected chi connectivity index (χ3v) is 5.70. The molecule has 1 fully saturated rings. The fourth-order valence-electron chi connectivity index (χ4n) is 4.07. The minimum absolute atomic E-state index is 0.318. The molecule has 0 saturated carbocycles. The lowest BCUT2D eigenvalue weighted by Gasteiger charge is -2.36. The normalized spacial score (nSPS) is 15.3. The van der Waals surface area contributed by atoms with Gasteiger partial charge in [-0.2, -0.15) is 0 Å². The second kappa shape index (κ2) is 9.49. The molecule has 0 radical (unpaired) electrons. The highest BCUT2D eigenvalue weighted by molar-refractivity contribution is 5.65. The molecule has 5 heteroatoms. The molecule has 1 aromatic carbocycles. The summed E-state index contributed by atoms with van der Waals surface area (Å²) in [6.07, 6.45) is 1.87. The summed E-state index contributed by atoms with van der Waals surface area (Å²) in [5.74, 6) is 2.17. The summed E-state index contributed by atoms with van der Waals surface area (Å²) in [4.78, 5) is 9.51. The second-order valence-electron chi connectivity index (χ2n) is 8.60. The summed E-state index contributed by atoms with van der Waals surface area (Å²) in [6, 6.07) is 8.48. The maximum Gasteiger partial charge on any atom is 0.152 e. The number of hydrogen-bond acceptors (Lipinski definition) is 5. The van der Waals surface area contributed by atoms with E-state index in [4.69, 9.17) is 0 Å². The van der Waals surface area contributed by atoms with Crippen LogP contribution in [0.5, 0.6) is 5.75 Å². The summed E-state index contributed by atoms with van der Waals surface area (Å²) in [5.41, 5.74) is 4.54. The van der Waals surface area contributed by atoms with Gasteiger partial charge in [-0.1, -0.05) is 39.8 Å². The molecule has 2 N–H and O–H groups in total. The molecule has 3 rings (SSSR count). The van der Waals surface area contributed by atoms with Crippen LogP contribution in [0.1, 0.15) is 63.1 Å². The second-order valence-corrected chi connectivity index (χ2v) is 8.60. The van der Waals surface area contributed by atoms with E-state index in [1.807, 2.05) is 12.3 Å². The first kappa shape index (κ1) is 21.4. The van der Waals surface area contributed by atoms with E-state index in [0.717, 1.165) is 61.9 Å².